The summed E-state index contributed by atoms with van der Waals surface area (Å²) in [5.41, 5.74) is 5.43. The second kappa shape index (κ2) is 4.97. The van der Waals surface area contributed by atoms with Gasteiger partial charge in [0.05, 0.1) is 5.49 Å². The number of rotatable bonds is 4. The van der Waals surface area contributed by atoms with Crippen LogP contribution in [0.25, 0.3) is 0 Å². The second-order valence-corrected chi connectivity index (χ2v) is 3.35. The Bertz CT molecular complexity index is 294. The minimum absolute atomic E-state index is 1.11. The largest absolute Gasteiger partial charge is 0.352 e. The van der Waals surface area contributed by atoms with Crippen LogP contribution in [0.15, 0.2) is 18.2 Å². The van der Waals surface area contributed by atoms with Crippen LogP contribution < -0.4 is 5.32 Å². The predicted molar refractivity (Wildman–Crippen MR) is 62.5 cm³/mol. The minimum Gasteiger partial charge on any atom is -0.352 e. The summed E-state index contributed by atoms with van der Waals surface area (Å²) >= 11 is 4.78. The molecule has 0 atom stereocenters. The molecule has 0 aromatic heterocycles. The standard InChI is InChI=1S/C11H15NS/c1-3-5-10-9(2)6-4-7-11(10)12-8-13/h4,6-8H,3,5H2,1-2H3,(H,12,13). The van der Waals surface area contributed by atoms with E-state index in [1.165, 1.54) is 11.1 Å². The molecule has 0 heterocycles. The van der Waals surface area contributed by atoms with E-state index in [-0.39, 0.29) is 0 Å². The average molecular weight is 193 g/mol. The van der Waals surface area contributed by atoms with Gasteiger partial charge >= 0.3 is 0 Å². The van der Waals surface area contributed by atoms with Crippen LogP contribution in [-0.4, -0.2) is 5.49 Å². The maximum Gasteiger partial charge on any atom is 0.0659 e. The molecule has 0 bridgehead atoms. The molecule has 0 saturated heterocycles. The Kier molecular flexibility index (Phi) is 3.90. The first kappa shape index (κ1) is 10.2. The van der Waals surface area contributed by atoms with Gasteiger partial charge in [0.2, 0.25) is 0 Å². The molecule has 0 saturated carbocycles. The molecule has 13 heavy (non-hydrogen) atoms. The molecule has 1 aromatic carbocycles. The molecular weight excluding hydrogens is 178 g/mol. The second-order valence-electron chi connectivity index (χ2n) is 3.11. The van der Waals surface area contributed by atoms with Gasteiger partial charge in [-0.3, -0.25) is 0 Å². The SMILES string of the molecule is CCCc1c(C)cccc1NC=S. The van der Waals surface area contributed by atoms with Crippen LogP contribution in [0.3, 0.4) is 0 Å². The molecule has 1 N–H and O–H groups in total. The van der Waals surface area contributed by atoms with E-state index in [1.54, 1.807) is 5.49 Å². The average Bonchev–Trinajstić information content (AvgIpc) is 2.11. The Balaban J connectivity index is 3.01. The molecule has 1 rings (SSSR count). The summed E-state index contributed by atoms with van der Waals surface area (Å²) in [6.07, 6.45) is 2.27. The molecule has 2 heteroatoms. The molecule has 70 valence electrons. The van der Waals surface area contributed by atoms with Crippen molar-refractivity contribution in [2.45, 2.75) is 26.7 Å². The van der Waals surface area contributed by atoms with Gasteiger partial charge in [0.15, 0.2) is 0 Å². The number of benzene rings is 1. The Morgan fingerprint density at radius 2 is 2.23 bits per heavy atom. The number of hydrogen-bond acceptors (Lipinski definition) is 1. The molecule has 1 aromatic rings. The fraction of sp³-hybridized carbons (Fsp3) is 0.364. The van der Waals surface area contributed by atoms with Crippen LogP contribution in [0, 0.1) is 6.92 Å². The highest BCUT2D eigenvalue weighted by atomic mass is 32.1. The lowest BCUT2D eigenvalue weighted by molar-refractivity contribution is 0.915. The smallest absolute Gasteiger partial charge is 0.0659 e. The van der Waals surface area contributed by atoms with Crippen molar-refractivity contribution < 1.29 is 0 Å². The first-order valence-electron chi connectivity index (χ1n) is 4.58. The van der Waals surface area contributed by atoms with Crippen molar-refractivity contribution in [3.8, 4) is 0 Å². The minimum atomic E-state index is 1.11. The maximum absolute atomic E-state index is 4.78. The van der Waals surface area contributed by atoms with Crippen molar-refractivity contribution in [1.82, 2.24) is 0 Å². The molecule has 0 aliphatic rings. The molecule has 0 spiro atoms. The van der Waals surface area contributed by atoms with Crippen LogP contribution in [0.2, 0.25) is 0 Å². The number of anilines is 1. The fourth-order valence-corrected chi connectivity index (χ4v) is 1.61. The predicted octanol–water partition coefficient (Wildman–Crippen LogP) is 3.32. The number of aryl methyl sites for hydroxylation is 1. The van der Waals surface area contributed by atoms with Crippen molar-refractivity contribution in [1.29, 1.82) is 0 Å². The summed E-state index contributed by atoms with van der Waals surface area (Å²) in [6, 6.07) is 6.26. The lowest BCUT2D eigenvalue weighted by Gasteiger charge is -2.10. The van der Waals surface area contributed by atoms with Gasteiger partial charge in [-0.25, -0.2) is 0 Å². The Labute approximate surface area is 85.2 Å². The highest BCUT2D eigenvalue weighted by Crippen LogP contribution is 2.20. The van der Waals surface area contributed by atoms with Crippen LogP contribution in [0.1, 0.15) is 24.5 Å². The van der Waals surface area contributed by atoms with Crippen molar-refractivity contribution in [2.24, 2.45) is 0 Å². The van der Waals surface area contributed by atoms with Crippen molar-refractivity contribution in [3.63, 3.8) is 0 Å². The summed E-state index contributed by atoms with van der Waals surface area (Å²) < 4.78 is 0. The molecule has 0 fully saturated rings. The van der Waals surface area contributed by atoms with Crippen LogP contribution in [0.4, 0.5) is 5.69 Å². The van der Waals surface area contributed by atoms with E-state index >= 15 is 0 Å². The van der Waals surface area contributed by atoms with E-state index in [2.05, 4.69) is 37.4 Å². The topological polar surface area (TPSA) is 12.0 Å². The normalized spacial score (nSPS) is 9.69. The molecular formula is C11H15NS. The van der Waals surface area contributed by atoms with Gasteiger partial charge in [-0.05, 0) is 30.5 Å². The highest BCUT2D eigenvalue weighted by Gasteiger charge is 2.02. The molecule has 0 aliphatic carbocycles. The zero-order chi connectivity index (χ0) is 9.68. The van der Waals surface area contributed by atoms with E-state index in [0.717, 1.165) is 18.5 Å². The highest BCUT2D eigenvalue weighted by molar-refractivity contribution is 7.79. The van der Waals surface area contributed by atoms with Crippen molar-refractivity contribution in [3.05, 3.63) is 29.3 Å². The third-order valence-corrected chi connectivity index (χ3v) is 2.24. The summed E-state index contributed by atoms with van der Waals surface area (Å²) in [6.45, 7) is 4.33. The number of nitrogens with one attached hydrogen (secondary N) is 1. The first-order valence-corrected chi connectivity index (χ1v) is 5.05. The zero-order valence-corrected chi connectivity index (χ0v) is 8.95. The quantitative estimate of drug-likeness (QED) is 0.736. The first-order chi connectivity index (χ1) is 6.29. The Morgan fingerprint density at radius 3 is 2.85 bits per heavy atom. The zero-order valence-electron chi connectivity index (χ0n) is 8.13. The molecule has 1 nitrogen and oxygen atoms in total. The Morgan fingerprint density at radius 1 is 1.46 bits per heavy atom. The summed E-state index contributed by atoms with van der Waals surface area (Å²) in [5.74, 6) is 0. The van der Waals surface area contributed by atoms with E-state index in [4.69, 9.17) is 12.2 Å². The van der Waals surface area contributed by atoms with Gasteiger partial charge in [-0.1, -0.05) is 37.7 Å². The van der Waals surface area contributed by atoms with Gasteiger partial charge < -0.3 is 5.32 Å². The van der Waals surface area contributed by atoms with Gasteiger partial charge in [0.25, 0.3) is 0 Å². The summed E-state index contributed by atoms with van der Waals surface area (Å²) in [4.78, 5) is 0. The third kappa shape index (κ3) is 2.52. The molecule has 0 radical (unpaired) electrons. The van der Waals surface area contributed by atoms with Crippen LogP contribution in [-0.2, 0) is 6.42 Å². The van der Waals surface area contributed by atoms with Crippen molar-refractivity contribution >= 4 is 23.4 Å². The van der Waals surface area contributed by atoms with E-state index in [0.29, 0.717) is 0 Å². The van der Waals surface area contributed by atoms with Gasteiger partial charge in [-0.2, -0.15) is 0 Å². The molecule has 0 amide bonds. The van der Waals surface area contributed by atoms with E-state index < -0.39 is 0 Å². The lowest BCUT2D eigenvalue weighted by atomic mass is 10.0. The number of thiocarbonyl (C=S) groups is 1. The molecule has 0 aliphatic heterocycles. The summed E-state index contributed by atoms with van der Waals surface area (Å²) in [5, 5.41) is 3.09. The fourth-order valence-electron chi connectivity index (χ4n) is 1.48. The van der Waals surface area contributed by atoms with Gasteiger partial charge in [0, 0.05) is 5.69 Å². The number of hydrogen-bond donors (Lipinski definition) is 1. The van der Waals surface area contributed by atoms with E-state index in [1.807, 2.05) is 0 Å². The van der Waals surface area contributed by atoms with E-state index in [9.17, 15) is 0 Å². The van der Waals surface area contributed by atoms with Gasteiger partial charge in [-0.15, -0.1) is 0 Å². The monoisotopic (exact) mass is 193 g/mol. The van der Waals surface area contributed by atoms with Crippen LogP contribution >= 0.6 is 12.2 Å². The van der Waals surface area contributed by atoms with Crippen LogP contribution in [0.5, 0.6) is 0 Å². The third-order valence-electron chi connectivity index (χ3n) is 2.12. The maximum atomic E-state index is 4.78. The summed E-state index contributed by atoms with van der Waals surface area (Å²) in [7, 11) is 0. The van der Waals surface area contributed by atoms with Crippen molar-refractivity contribution in [2.75, 3.05) is 5.32 Å². The Hall–Kier alpha value is -0.890. The molecule has 0 unspecified atom stereocenters. The lowest BCUT2D eigenvalue weighted by Crippen LogP contribution is -1.99. The van der Waals surface area contributed by atoms with Gasteiger partial charge in [0.1, 0.15) is 0 Å².